The molecule has 0 saturated carbocycles. The first-order chi connectivity index (χ1) is 13.0. The lowest BCUT2D eigenvalue weighted by atomic mass is 10.3. The van der Waals surface area contributed by atoms with Crippen LogP contribution in [-0.2, 0) is 8.98 Å². The van der Waals surface area contributed by atoms with E-state index in [0.29, 0.717) is 4.90 Å². The van der Waals surface area contributed by atoms with Crippen LogP contribution in [0.2, 0.25) is 5.02 Å². The molecule has 1 aliphatic rings. The minimum absolute atomic E-state index is 0.0760. The second kappa shape index (κ2) is 11.6. The van der Waals surface area contributed by atoms with Crippen molar-refractivity contribution in [2.45, 2.75) is 24.7 Å². The van der Waals surface area contributed by atoms with Crippen LogP contribution in [0, 0.1) is 5.82 Å². The van der Waals surface area contributed by atoms with Crippen LogP contribution >= 0.6 is 46.8 Å². The molecule has 1 heterocycles. The average molecular weight is 450 g/mol. The number of hydrazine groups is 1. The first kappa shape index (κ1) is 22.0. The summed E-state index contributed by atoms with van der Waals surface area (Å²) >= 11 is 11.4. The second-order valence-corrected chi connectivity index (χ2v) is 8.75. The molecule has 1 aromatic rings. The topological polar surface area (TPSA) is 62.4 Å². The zero-order chi connectivity index (χ0) is 19.6. The van der Waals surface area contributed by atoms with E-state index in [4.69, 9.17) is 28.0 Å². The molecule has 1 aromatic carbocycles. The third-order valence-corrected chi connectivity index (χ3v) is 6.26. The number of anilines is 1. The Morgan fingerprint density at radius 1 is 1.37 bits per heavy atom. The summed E-state index contributed by atoms with van der Waals surface area (Å²) < 4.78 is 19.5. The number of unbranched alkanes of at least 4 members (excludes halogenated alkanes) is 1. The lowest BCUT2D eigenvalue weighted by Crippen LogP contribution is -2.40. The maximum atomic E-state index is 14.1. The van der Waals surface area contributed by atoms with Gasteiger partial charge in [-0.3, -0.25) is 10.2 Å². The van der Waals surface area contributed by atoms with Crippen molar-refractivity contribution in [2.24, 2.45) is 0 Å². The fourth-order valence-electron chi connectivity index (χ4n) is 1.96. The van der Waals surface area contributed by atoms with E-state index in [-0.39, 0.29) is 27.5 Å². The van der Waals surface area contributed by atoms with Crippen molar-refractivity contribution in [3.63, 3.8) is 0 Å². The highest BCUT2D eigenvalue weighted by Crippen LogP contribution is 2.36. The van der Waals surface area contributed by atoms with Crippen molar-refractivity contribution in [1.82, 2.24) is 10.9 Å². The van der Waals surface area contributed by atoms with Crippen LogP contribution in [0.3, 0.4) is 0 Å². The van der Waals surface area contributed by atoms with Crippen LogP contribution in [0.5, 0.6) is 0 Å². The highest BCUT2D eigenvalue weighted by Gasteiger charge is 2.14. The number of allylic oxidation sites excluding steroid dienone is 2. The Labute approximate surface area is 175 Å². The molecule has 0 aliphatic carbocycles. The zero-order valence-corrected chi connectivity index (χ0v) is 17.9. The van der Waals surface area contributed by atoms with Crippen LogP contribution in [0.1, 0.15) is 19.8 Å². The molecule has 0 spiro atoms. The molecule has 10 heteroatoms. The molecule has 148 valence electrons. The number of hydrogen-bond acceptors (Lipinski definition) is 5. The summed E-state index contributed by atoms with van der Waals surface area (Å²) in [7, 11) is 0. The van der Waals surface area contributed by atoms with E-state index in [1.165, 1.54) is 23.9 Å². The van der Waals surface area contributed by atoms with Crippen LogP contribution in [0.15, 0.2) is 40.0 Å². The Bertz CT molecular complexity index is 734. The highest BCUT2D eigenvalue weighted by molar-refractivity contribution is 8.18. The number of thiol groups is 1. The minimum Gasteiger partial charge on any atom is -0.410 e. The number of carbonyl (C=O) groups is 1. The van der Waals surface area contributed by atoms with Crippen molar-refractivity contribution in [2.75, 3.05) is 17.6 Å². The molecule has 2 rings (SSSR count). The standard InChI is InChI=1S/C17H21ClFN3O2S3/c1-2-3-6-20-22-17(25)21-14-10-15(12(18)9-13(14)19)26-11-16(23)24-27-7-4-5-8-27/h4-5,7-10,20,27H,2-3,6,11H2,1H3,(H2,21,22,25). The maximum absolute atomic E-state index is 14.1. The van der Waals surface area contributed by atoms with Gasteiger partial charge in [0.05, 0.1) is 16.5 Å². The van der Waals surface area contributed by atoms with E-state index in [2.05, 4.69) is 23.1 Å². The van der Waals surface area contributed by atoms with Gasteiger partial charge in [0.1, 0.15) is 5.82 Å². The van der Waals surface area contributed by atoms with E-state index in [9.17, 15) is 9.18 Å². The van der Waals surface area contributed by atoms with Gasteiger partial charge < -0.3 is 9.50 Å². The second-order valence-electron chi connectivity index (χ2n) is 5.42. The van der Waals surface area contributed by atoms with Crippen molar-refractivity contribution in [3.8, 4) is 0 Å². The lowest BCUT2D eigenvalue weighted by Gasteiger charge is -2.14. The number of nitrogens with one attached hydrogen (secondary N) is 3. The summed E-state index contributed by atoms with van der Waals surface area (Å²) in [5.41, 5.74) is 5.92. The number of rotatable bonds is 9. The quantitative estimate of drug-likeness (QED) is 0.144. The summed E-state index contributed by atoms with van der Waals surface area (Å²) in [6.45, 7) is 2.83. The number of carbonyl (C=O) groups excluding carboxylic acids is 1. The predicted octanol–water partition coefficient (Wildman–Crippen LogP) is 4.66. The van der Waals surface area contributed by atoms with Gasteiger partial charge in [0.2, 0.25) is 0 Å². The third kappa shape index (κ3) is 7.71. The van der Waals surface area contributed by atoms with Gasteiger partial charge in [-0.15, -0.1) is 11.8 Å². The Kier molecular flexibility index (Phi) is 9.43. The van der Waals surface area contributed by atoms with E-state index in [1.807, 2.05) is 23.0 Å². The van der Waals surface area contributed by atoms with Gasteiger partial charge in [0.15, 0.2) is 5.11 Å². The monoisotopic (exact) mass is 449 g/mol. The zero-order valence-electron chi connectivity index (χ0n) is 14.6. The molecule has 0 bridgehead atoms. The van der Waals surface area contributed by atoms with Gasteiger partial charge in [-0.25, -0.2) is 9.82 Å². The molecule has 0 saturated heterocycles. The molecule has 0 atom stereocenters. The summed E-state index contributed by atoms with van der Waals surface area (Å²) in [5, 5.41) is 6.93. The Morgan fingerprint density at radius 3 is 2.81 bits per heavy atom. The van der Waals surface area contributed by atoms with Crippen molar-refractivity contribution >= 4 is 63.5 Å². The molecule has 0 radical (unpaired) electrons. The molecule has 0 aromatic heterocycles. The molecule has 0 amide bonds. The molecular formula is C17H21ClFN3O2S3. The first-order valence-electron chi connectivity index (χ1n) is 8.25. The van der Waals surface area contributed by atoms with Gasteiger partial charge in [-0.05, 0) is 41.6 Å². The normalized spacial score (nSPS) is 13.7. The molecule has 0 unspecified atom stereocenters. The SMILES string of the molecule is CCCCNNC(=S)Nc1cc(SCC(=O)O[SH]2C=CC=C2)c(Cl)cc1F. The molecule has 5 nitrogen and oxygen atoms in total. The third-order valence-electron chi connectivity index (χ3n) is 3.26. The van der Waals surface area contributed by atoms with E-state index >= 15 is 0 Å². The van der Waals surface area contributed by atoms with Gasteiger partial charge in [0.25, 0.3) is 0 Å². The van der Waals surface area contributed by atoms with Crippen LogP contribution < -0.4 is 16.2 Å². The Balaban J connectivity index is 1.89. The van der Waals surface area contributed by atoms with E-state index in [0.717, 1.165) is 19.4 Å². The predicted molar refractivity (Wildman–Crippen MR) is 118 cm³/mol. The number of benzene rings is 1. The minimum atomic E-state index is -0.966. The molecular weight excluding hydrogens is 429 g/mol. The van der Waals surface area contributed by atoms with E-state index in [1.54, 1.807) is 0 Å². The van der Waals surface area contributed by atoms with Crippen LogP contribution in [-0.4, -0.2) is 23.4 Å². The number of halogens is 2. The van der Waals surface area contributed by atoms with Crippen molar-refractivity contribution in [3.05, 3.63) is 45.9 Å². The van der Waals surface area contributed by atoms with Gasteiger partial charge in [-0.2, -0.15) is 0 Å². The lowest BCUT2D eigenvalue weighted by molar-refractivity contribution is -0.130. The van der Waals surface area contributed by atoms with Gasteiger partial charge in [0, 0.05) is 11.4 Å². The Hall–Kier alpha value is -1.26. The maximum Gasteiger partial charge on any atom is 0.327 e. The van der Waals surface area contributed by atoms with Crippen molar-refractivity contribution < 1.29 is 13.4 Å². The fraction of sp³-hybridized carbons (Fsp3) is 0.294. The van der Waals surface area contributed by atoms with Gasteiger partial charge in [-0.1, -0.05) is 48.3 Å². The number of thioether (sulfide) groups is 1. The largest absolute Gasteiger partial charge is 0.410 e. The summed E-state index contributed by atoms with van der Waals surface area (Å²) in [5.74, 6) is -0.809. The summed E-state index contributed by atoms with van der Waals surface area (Å²) in [6, 6.07) is 2.72. The molecule has 0 fully saturated rings. The van der Waals surface area contributed by atoms with Gasteiger partial charge >= 0.3 is 5.97 Å². The average Bonchev–Trinajstić information content (AvgIpc) is 3.13. The number of hydrogen-bond donors (Lipinski definition) is 4. The smallest absolute Gasteiger partial charge is 0.327 e. The fourth-order valence-corrected chi connectivity index (χ4v) is 4.33. The highest BCUT2D eigenvalue weighted by atomic mass is 35.5. The van der Waals surface area contributed by atoms with Crippen LogP contribution in [0.25, 0.3) is 0 Å². The first-order valence-corrected chi connectivity index (χ1v) is 11.4. The summed E-state index contributed by atoms with van der Waals surface area (Å²) in [4.78, 5) is 12.5. The molecule has 27 heavy (non-hydrogen) atoms. The summed E-state index contributed by atoms with van der Waals surface area (Å²) in [6.07, 6.45) is 5.73. The molecule has 1 aliphatic heterocycles. The van der Waals surface area contributed by atoms with Crippen LogP contribution in [0.4, 0.5) is 10.1 Å². The van der Waals surface area contributed by atoms with E-state index < -0.39 is 17.0 Å². The number of thiocarbonyl (C=S) groups is 1. The molecule has 3 N–H and O–H groups in total. The Morgan fingerprint density at radius 2 is 2.11 bits per heavy atom. The van der Waals surface area contributed by atoms with Crippen molar-refractivity contribution in [1.29, 1.82) is 0 Å².